The molecule has 2 atom stereocenters. The molecule has 0 bridgehead atoms. The first-order valence-corrected chi connectivity index (χ1v) is 6.89. The number of hydrogen-bond donors (Lipinski definition) is 3. The maximum Gasteiger partial charge on any atom is 0.251 e. The zero-order chi connectivity index (χ0) is 13.8. The van der Waals surface area contributed by atoms with Crippen molar-refractivity contribution in [3.05, 3.63) is 29.3 Å². The van der Waals surface area contributed by atoms with Crippen LogP contribution in [0.3, 0.4) is 0 Å². The molecule has 2 rings (SSSR count). The molecule has 3 N–H and O–H groups in total. The Labute approximate surface area is 114 Å². The number of rotatable bonds is 3. The summed E-state index contributed by atoms with van der Waals surface area (Å²) in [5, 5.41) is 16.0. The largest absolute Gasteiger partial charge is 0.508 e. The molecule has 4 nitrogen and oxygen atoms in total. The van der Waals surface area contributed by atoms with Gasteiger partial charge in [-0.05, 0) is 63.4 Å². The molecule has 1 heterocycles. The van der Waals surface area contributed by atoms with Gasteiger partial charge in [0.15, 0.2) is 0 Å². The van der Waals surface area contributed by atoms with Crippen molar-refractivity contribution in [3.63, 3.8) is 0 Å². The number of phenolic OH excluding ortho intramolecular Hbond substituents is 1. The second kappa shape index (κ2) is 6.06. The third-order valence-electron chi connectivity index (χ3n) is 3.87. The first kappa shape index (κ1) is 13.9. The minimum absolute atomic E-state index is 0.117. The number of amides is 1. The van der Waals surface area contributed by atoms with E-state index in [0.29, 0.717) is 11.5 Å². The second-order valence-electron chi connectivity index (χ2n) is 5.37. The number of piperidine rings is 1. The zero-order valence-electron chi connectivity index (χ0n) is 11.6. The van der Waals surface area contributed by atoms with E-state index in [4.69, 9.17) is 0 Å². The summed E-state index contributed by atoms with van der Waals surface area (Å²) in [5.41, 5.74) is 1.29. The van der Waals surface area contributed by atoms with Crippen LogP contribution in [-0.4, -0.2) is 30.1 Å². The highest BCUT2D eigenvalue weighted by Gasteiger charge is 2.21. The van der Waals surface area contributed by atoms with E-state index >= 15 is 0 Å². The molecule has 19 heavy (non-hydrogen) atoms. The summed E-state index contributed by atoms with van der Waals surface area (Å²) in [6.07, 6.45) is 2.31. The van der Waals surface area contributed by atoms with Crippen molar-refractivity contribution in [2.45, 2.75) is 32.7 Å². The SMILES string of the molecule is Cc1ccc(C(=O)NC(C)C2CCCNC2)cc1O. The molecule has 1 aliphatic heterocycles. The van der Waals surface area contributed by atoms with Crippen LogP contribution in [0.2, 0.25) is 0 Å². The second-order valence-corrected chi connectivity index (χ2v) is 5.37. The van der Waals surface area contributed by atoms with Crippen molar-refractivity contribution in [2.24, 2.45) is 5.92 Å². The van der Waals surface area contributed by atoms with Crippen LogP contribution in [0.1, 0.15) is 35.7 Å². The Balaban J connectivity index is 1.97. The summed E-state index contributed by atoms with van der Waals surface area (Å²) >= 11 is 0. The van der Waals surface area contributed by atoms with Crippen molar-refractivity contribution in [3.8, 4) is 5.75 Å². The van der Waals surface area contributed by atoms with Crippen LogP contribution in [-0.2, 0) is 0 Å². The van der Waals surface area contributed by atoms with E-state index in [-0.39, 0.29) is 17.7 Å². The number of benzene rings is 1. The molecule has 1 aliphatic rings. The predicted octanol–water partition coefficient (Wildman–Crippen LogP) is 1.82. The Bertz CT molecular complexity index is 453. The number of carbonyl (C=O) groups excluding carboxylic acids is 1. The van der Waals surface area contributed by atoms with Gasteiger partial charge in [-0.3, -0.25) is 4.79 Å². The van der Waals surface area contributed by atoms with Crippen LogP contribution in [0.15, 0.2) is 18.2 Å². The number of aromatic hydroxyl groups is 1. The molecule has 104 valence electrons. The van der Waals surface area contributed by atoms with Gasteiger partial charge in [-0.25, -0.2) is 0 Å². The summed E-state index contributed by atoms with van der Waals surface area (Å²) in [6, 6.07) is 5.17. The van der Waals surface area contributed by atoms with Crippen LogP contribution in [0.25, 0.3) is 0 Å². The van der Waals surface area contributed by atoms with Crippen LogP contribution >= 0.6 is 0 Å². The van der Waals surface area contributed by atoms with Gasteiger partial charge in [0.05, 0.1) is 0 Å². The number of phenols is 1. The van der Waals surface area contributed by atoms with Crippen molar-refractivity contribution < 1.29 is 9.90 Å². The average molecular weight is 262 g/mol. The molecular weight excluding hydrogens is 240 g/mol. The van der Waals surface area contributed by atoms with Gasteiger partial charge in [-0.2, -0.15) is 0 Å². The fraction of sp³-hybridized carbons (Fsp3) is 0.533. The Morgan fingerprint density at radius 3 is 2.95 bits per heavy atom. The van der Waals surface area contributed by atoms with Crippen molar-refractivity contribution in [1.82, 2.24) is 10.6 Å². The average Bonchev–Trinajstić information content (AvgIpc) is 2.42. The van der Waals surface area contributed by atoms with Crippen LogP contribution in [0.5, 0.6) is 5.75 Å². The van der Waals surface area contributed by atoms with Crippen molar-refractivity contribution in [1.29, 1.82) is 0 Å². The van der Waals surface area contributed by atoms with Crippen LogP contribution < -0.4 is 10.6 Å². The Morgan fingerprint density at radius 1 is 1.53 bits per heavy atom. The Kier molecular flexibility index (Phi) is 4.43. The molecule has 0 spiro atoms. The summed E-state index contributed by atoms with van der Waals surface area (Å²) in [6.45, 7) is 5.89. The van der Waals surface area contributed by atoms with E-state index in [9.17, 15) is 9.90 Å². The van der Waals surface area contributed by atoms with Gasteiger partial charge in [0, 0.05) is 11.6 Å². The molecule has 0 saturated carbocycles. The third-order valence-corrected chi connectivity index (χ3v) is 3.87. The minimum atomic E-state index is -0.117. The lowest BCUT2D eigenvalue weighted by Gasteiger charge is -2.29. The van der Waals surface area contributed by atoms with E-state index in [0.717, 1.165) is 31.5 Å². The lowest BCUT2D eigenvalue weighted by molar-refractivity contribution is 0.0921. The molecular formula is C15H22N2O2. The lowest BCUT2D eigenvalue weighted by Crippen LogP contribution is -2.44. The standard InChI is InChI=1S/C15H22N2O2/c1-10-5-6-12(8-14(10)18)15(19)17-11(2)13-4-3-7-16-9-13/h5-6,8,11,13,16,18H,3-4,7,9H2,1-2H3,(H,17,19). The van der Waals surface area contributed by atoms with Gasteiger partial charge < -0.3 is 15.7 Å². The monoisotopic (exact) mass is 262 g/mol. The molecule has 0 aromatic heterocycles. The molecule has 4 heteroatoms. The predicted molar refractivity (Wildman–Crippen MR) is 75.4 cm³/mol. The first-order chi connectivity index (χ1) is 9.08. The van der Waals surface area contributed by atoms with Crippen LogP contribution in [0, 0.1) is 12.8 Å². The van der Waals surface area contributed by atoms with Gasteiger partial charge in [0.25, 0.3) is 5.91 Å². The number of aryl methyl sites for hydroxylation is 1. The highest BCUT2D eigenvalue weighted by Crippen LogP contribution is 2.18. The van der Waals surface area contributed by atoms with Gasteiger partial charge in [0.1, 0.15) is 5.75 Å². The number of hydrogen-bond acceptors (Lipinski definition) is 3. The van der Waals surface area contributed by atoms with Crippen molar-refractivity contribution in [2.75, 3.05) is 13.1 Å². The Hall–Kier alpha value is -1.55. The fourth-order valence-corrected chi connectivity index (χ4v) is 2.46. The maximum absolute atomic E-state index is 12.1. The molecule has 1 saturated heterocycles. The smallest absolute Gasteiger partial charge is 0.251 e. The number of nitrogens with one attached hydrogen (secondary N) is 2. The van der Waals surface area contributed by atoms with E-state index in [1.54, 1.807) is 12.1 Å². The maximum atomic E-state index is 12.1. The zero-order valence-corrected chi connectivity index (χ0v) is 11.6. The topological polar surface area (TPSA) is 61.4 Å². The molecule has 0 radical (unpaired) electrons. The summed E-state index contributed by atoms with van der Waals surface area (Å²) < 4.78 is 0. The number of carbonyl (C=O) groups is 1. The first-order valence-electron chi connectivity index (χ1n) is 6.89. The van der Waals surface area contributed by atoms with Gasteiger partial charge in [0.2, 0.25) is 0 Å². The normalized spacial score (nSPS) is 20.8. The van der Waals surface area contributed by atoms with E-state index in [1.807, 2.05) is 13.8 Å². The summed E-state index contributed by atoms with van der Waals surface area (Å²) in [5.74, 6) is 0.532. The minimum Gasteiger partial charge on any atom is -0.508 e. The van der Waals surface area contributed by atoms with E-state index in [2.05, 4.69) is 10.6 Å². The highest BCUT2D eigenvalue weighted by atomic mass is 16.3. The van der Waals surface area contributed by atoms with Crippen LogP contribution in [0.4, 0.5) is 0 Å². The molecule has 0 aliphatic carbocycles. The van der Waals surface area contributed by atoms with Gasteiger partial charge in [-0.15, -0.1) is 0 Å². The van der Waals surface area contributed by atoms with Gasteiger partial charge in [-0.1, -0.05) is 6.07 Å². The lowest BCUT2D eigenvalue weighted by atomic mass is 9.92. The molecule has 2 unspecified atom stereocenters. The highest BCUT2D eigenvalue weighted by molar-refractivity contribution is 5.94. The molecule has 1 aromatic rings. The van der Waals surface area contributed by atoms with E-state index < -0.39 is 0 Å². The quantitative estimate of drug-likeness (QED) is 0.778. The summed E-state index contributed by atoms with van der Waals surface area (Å²) in [7, 11) is 0. The molecule has 1 fully saturated rings. The molecule has 1 aromatic carbocycles. The fourth-order valence-electron chi connectivity index (χ4n) is 2.46. The summed E-state index contributed by atoms with van der Waals surface area (Å²) in [4.78, 5) is 12.1. The molecule has 1 amide bonds. The Morgan fingerprint density at radius 2 is 2.32 bits per heavy atom. The van der Waals surface area contributed by atoms with E-state index in [1.165, 1.54) is 6.07 Å². The van der Waals surface area contributed by atoms with Gasteiger partial charge >= 0.3 is 0 Å². The third kappa shape index (κ3) is 3.47. The van der Waals surface area contributed by atoms with Crippen molar-refractivity contribution >= 4 is 5.91 Å².